The summed E-state index contributed by atoms with van der Waals surface area (Å²) in [6.07, 6.45) is 1.32. The highest BCUT2D eigenvalue weighted by Crippen LogP contribution is 2.49. The van der Waals surface area contributed by atoms with E-state index in [9.17, 15) is 9.59 Å². The molecule has 2 aliphatic rings. The number of amides is 1. The van der Waals surface area contributed by atoms with Crippen LogP contribution in [0.4, 0.5) is 4.79 Å². The normalized spacial score (nSPS) is 25.7. The van der Waals surface area contributed by atoms with Crippen LogP contribution in [0.2, 0.25) is 0 Å². The van der Waals surface area contributed by atoms with E-state index in [1.807, 2.05) is 57.7 Å². The maximum Gasteiger partial charge on any atom is 0.411 e. The molecule has 5 unspecified atom stereocenters. The molecule has 8 nitrogen and oxygen atoms in total. The average molecular weight is 534 g/mol. The van der Waals surface area contributed by atoms with Crippen molar-refractivity contribution in [3.05, 3.63) is 23.8 Å². The maximum atomic E-state index is 13.8. The fraction of sp³-hybridized carbons (Fsp3) is 0.733. The monoisotopic (exact) mass is 533 g/mol. The van der Waals surface area contributed by atoms with E-state index in [0.29, 0.717) is 31.1 Å². The van der Waals surface area contributed by atoms with E-state index in [1.54, 1.807) is 14.2 Å². The Morgan fingerprint density at radius 3 is 2.32 bits per heavy atom. The molecule has 2 saturated heterocycles. The van der Waals surface area contributed by atoms with Crippen LogP contribution < -0.4 is 9.47 Å². The van der Waals surface area contributed by atoms with Gasteiger partial charge < -0.3 is 23.7 Å². The Balaban J connectivity index is 2.03. The van der Waals surface area contributed by atoms with Crippen LogP contribution in [-0.2, 0) is 19.0 Å². The third kappa shape index (κ3) is 6.93. The molecular weight excluding hydrogens is 486 g/mol. The van der Waals surface area contributed by atoms with E-state index >= 15 is 0 Å². The molecule has 0 spiro atoms. The van der Waals surface area contributed by atoms with Crippen LogP contribution in [0.5, 0.6) is 11.5 Å². The van der Waals surface area contributed by atoms with Gasteiger partial charge in [-0.05, 0) is 69.1 Å². The van der Waals surface area contributed by atoms with Crippen molar-refractivity contribution >= 4 is 12.1 Å². The lowest BCUT2D eigenvalue weighted by Crippen LogP contribution is -2.46. The number of likely N-dealkylation sites (tertiary alicyclic amines) is 1. The quantitative estimate of drug-likeness (QED) is 0.269. The molecule has 2 fully saturated rings. The zero-order chi connectivity index (χ0) is 28.2. The first kappa shape index (κ1) is 30.1. The number of benzene rings is 1. The number of carbonyl (C=O) groups excluding carboxylic acids is 2. The van der Waals surface area contributed by atoms with Gasteiger partial charge in [0.25, 0.3) is 0 Å². The maximum absolute atomic E-state index is 13.8. The molecule has 1 aromatic rings. The van der Waals surface area contributed by atoms with Crippen molar-refractivity contribution in [3.63, 3.8) is 0 Å². The summed E-state index contributed by atoms with van der Waals surface area (Å²) in [5.41, 5.74) is 0.286. The zero-order valence-electron chi connectivity index (χ0n) is 24.6. The number of hydrogen-bond acceptors (Lipinski definition) is 7. The fourth-order valence-electron chi connectivity index (χ4n) is 5.66. The highest BCUT2D eigenvalue weighted by atomic mass is 16.6. The molecule has 214 valence electrons. The standard InChI is InChI=1S/C30H47NO7/c1-18(2)21-16-23(25-17-22(19(3)4)28(32)37-25)31(29(33)38-30(5,6)7)27(21)20-11-12-24(35-9)26(15-20)36-14-10-13-34-8/h11-12,15,18-19,21-23,25,27H,10,13-14,16-17H2,1-9H3. The molecule has 38 heavy (non-hydrogen) atoms. The number of esters is 1. The van der Waals surface area contributed by atoms with Crippen LogP contribution in [0.1, 0.15) is 79.3 Å². The van der Waals surface area contributed by atoms with Gasteiger partial charge in [0.1, 0.15) is 11.7 Å². The van der Waals surface area contributed by atoms with Crippen molar-refractivity contribution < 1.29 is 33.3 Å². The Bertz CT molecular complexity index is 954. The van der Waals surface area contributed by atoms with Crippen molar-refractivity contribution in [2.75, 3.05) is 27.4 Å². The summed E-state index contributed by atoms with van der Waals surface area (Å²) in [5.74, 6) is 1.53. The van der Waals surface area contributed by atoms with Crippen LogP contribution in [0.15, 0.2) is 18.2 Å². The van der Waals surface area contributed by atoms with Crippen molar-refractivity contribution in [1.82, 2.24) is 4.90 Å². The molecule has 8 heteroatoms. The Labute approximate surface area is 228 Å². The molecule has 0 bridgehead atoms. The molecule has 0 radical (unpaired) electrons. The van der Waals surface area contributed by atoms with Crippen molar-refractivity contribution in [2.24, 2.45) is 23.7 Å². The van der Waals surface area contributed by atoms with Gasteiger partial charge in [0, 0.05) is 20.1 Å². The zero-order valence-corrected chi connectivity index (χ0v) is 24.6. The number of rotatable bonds is 10. The van der Waals surface area contributed by atoms with Gasteiger partial charge in [-0.1, -0.05) is 33.8 Å². The van der Waals surface area contributed by atoms with Gasteiger partial charge >= 0.3 is 12.1 Å². The van der Waals surface area contributed by atoms with Crippen LogP contribution in [0, 0.1) is 23.7 Å². The minimum absolute atomic E-state index is 0.138. The Hall–Kier alpha value is -2.48. The van der Waals surface area contributed by atoms with Gasteiger partial charge in [0.05, 0.1) is 31.7 Å². The van der Waals surface area contributed by atoms with Crippen LogP contribution >= 0.6 is 0 Å². The molecule has 1 aromatic carbocycles. The molecule has 1 amide bonds. The first-order valence-corrected chi connectivity index (χ1v) is 13.9. The highest BCUT2D eigenvalue weighted by Gasteiger charge is 2.53. The predicted molar refractivity (Wildman–Crippen MR) is 145 cm³/mol. The summed E-state index contributed by atoms with van der Waals surface area (Å²) in [7, 11) is 3.28. The number of nitrogens with zero attached hydrogens (tertiary/aromatic N) is 1. The molecule has 5 atom stereocenters. The predicted octanol–water partition coefficient (Wildman–Crippen LogP) is 6.02. The number of carbonyl (C=O) groups is 2. The Kier molecular flexibility index (Phi) is 9.96. The number of ether oxygens (including phenoxy) is 5. The second kappa shape index (κ2) is 12.6. The summed E-state index contributed by atoms with van der Waals surface area (Å²) in [4.78, 5) is 28.4. The Morgan fingerprint density at radius 1 is 1.05 bits per heavy atom. The SMILES string of the molecule is COCCCOc1cc(C2C(C(C)C)CC(C3CC(C(C)C)C(=O)O3)N2C(=O)OC(C)(C)C)ccc1OC. The van der Waals surface area contributed by atoms with Crippen LogP contribution in [0.25, 0.3) is 0 Å². The number of methoxy groups -OCH3 is 2. The molecule has 0 aromatic heterocycles. The third-order valence-corrected chi connectivity index (χ3v) is 7.61. The van der Waals surface area contributed by atoms with E-state index < -0.39 is 11.7 Å². The minimum atomic E-state index is -0.662. The first-order valence-electron chi connectivity index (χ1n) is 13.9. The van der Waals surface area contributed by atoms with Crippen molar-refractivity contribution in [3.8, 4) is 11.5 Å². The summed E-state index contributed by atoms with van der Waals surface area (Å²) in [5, 5.41) is 0. The van der Waals surface area contributed by atoms with Crippen molar-refractivity contribution in [1.29, 1.82) is 0 Å². The van der Waals surface area contributed by atoms with Crippen LogP contribution in [-0.4, -0.2) is 62.1 Å². The number of cyclic esters (lactones) is 1. The molecule has 0 N–H and O–H groups in total. The van der Waals surface area contributed by atoms with Gasteiger partial charge in [-0.3, -0.25) is 9.69 Å². The van der Waals surface area contributed by atoms with E-state index in [-0.39, 0.29) is 47.8 Å². The topological polar surface area (TPSA) is 83.5 Å². The van der Waals surface area contributed by atoms with Crippen molar-refractivity contribution in [2.45, 2.75) is 91.5 Å². The van der Waals surface area contributed by atoms with Gasteiger partial charge in [-0.15, -0.1) is 0 Å². The fourth-order valence-corrected chi connectivity index (χ4v) is 5.66. The third-order valence-electron chi connectivity index (χ3n) is 7.61. The van der Waals surface area contributed by atoms with E-state index in [0.717, 1.165) is 18.4 Å². The molecule has 0 aliphatic carbocycles. The average Bonchev–Trinajstić information content (AvgIpc) is 3.42. The second-order valence-electron chi connectivity index (χ2n) is 12.2. The van der Waals surface area contributed by atoms with Gasteiger partial charge in [-0.25, -0.2) is 4.79 Å². The van der Waals surface area contributed by atoms with Crippen LogP contribution in [0.3, 0.4) is 0 Å². The Morgan fingerprint density at radius 2 is 1.76 bits per heavy atom. The van der Waals surface area contributed by atoms with Gasteiger partial charge in [-0.2, -0.15) is 0 Å². The molecule has 2 aliphatic heterocycles. The van der Waals surface area contributed by atoms with E-state index in [4.69, 9.17) is 23.7 Å². The summed E-state index contributed by atoms with van der Waals surface area (Å²) in [6.45, 7) is 15.1. The number of hydrogen-bond donors (Lipinski definition) is 0. The largest absolute Gasteiger partial charge is 0.493 e. The second-order valence-corrected chi connectivity index (χ2v) is 12.2. The van der Waals surface area contributed by atoms with E-state index in [2.05, 4.69) is 13.8 Å². The summed E-state index contributed by atoms with van der Waals surface area (Å²) < 4.78 is 28.7. The smallest absolute Gasteiger partial charge is 0.411 e. The minimum Gasteiger partial charge on any atom is -0.493 e. The van der Waals surface area contributed by atoms with E-state index in [1.165, 1.54) is 0 Å². The van der Waals surface area contributed by atoms with Gasteiger partial charge in [0.2, 0.25) is 0 Å². The lowest BCUT2D eigenvalue weighted by atomic mass is 9.83. The lowest BCUT2D eigenvalue weighted by molar-refractivity contribution is -0.147. The first-order chi connectivity index (χ1) is 17.9. The highest BCUT2D eigenvalue weighted by molar-refractivity contribution is 5.75. The molecular formula is C30H47NO7. The summed E-state index contributed by atoms with van der Waals surface area (Å²) >= 11 is 0. The molecule has 2 heterocycles. The molecule has 0 saturated carbocycles. The summed E-state index contributed by atoms with van der Waals surface area (Å²) in [6, 6.07) is 5.33. The lowest BCUT2D eigenvalue weighted by Gasteiger charge is -2.36. The van der Waals surface area contributed by atoms with Gasteiger partial charge in [0.15, 0.2) is 11.5 Å². The molecule has 3 rings (SSSR count).